The van der Waals surface area contributed by atoms with Crippen LogP contribution in [0.5, 0.6) is 0 Å². The van der Waals surface area contributed by atoms with Gasteiger partial charge in [0.1, 0.15) is 5.82 Å². The van der Waals surface area contributed by atoms with Gasteiger partial charge in [-0.2, -0.15) is 5.10 Å². The van der Waals surface area contributed by atoms with Crippen LogP contribution in [0.2, 0.25) is 0 Å². The minimum Gasteiger partial charge on any atom is -0.307 e. The molecule has 4 aromatic heterocycles. The third-order valence-electron chi connectivity index (χ3n) is 4.44. The first kappa shape index (κ1) is 16.5. The van der Waals surface area contributed by atoms with E-state index >= 15 is 0 Å². The van der Waals surface area contributed by atoms with E-state index in [0.29, 0.717) is 11.4 Å². The standard InChI is InChI=1S/C20H14N6OS/c1-26-10-15(8-24-26)14-4-13-6-19(22-9-17(13)21-7-14)25-20(27)12-2-3-16-18(5-12)28-11-23-16/h2-11H,1H3,(H,22,25,27). The van der Waals surface area contributed by atoms with Crippen molar-refractivity contribution in [2.45, 2.75) is 0 Å². The molecule has 0 spiro atoms. The van der Waals surface area contributed by atoms with E-state index in [1.807, 2.05) is 37.5 Å². The highest BCUT2D eigenvalue weighted by Gasteiger charge is 2.10. The Morgan fingerprint density at radius 2 is 1.93 bits per heavy atom. The quantitative estimate of drug-likeness (QED) is 0.508. The van der Waals surface area contributed by atoms with Crippen LogP contribution in [0.3, 0.4) is 0 Å². The average Bonchev–Trinajstić information content (AvgIpc) is 3.35. The molecule has 0 atom stereocenters. The zero-order valence-corrected chi connectivity index (χ0v) is 15.6. The van der Waals surface area contributed by atoms with Crippen LogP contribution in [0.1, 0.15) is 10.4 Å². The topological polar surface area (TPSA) is 85.6 Å². The van der Waals surface area contributed by atoms with Gasteiger partial charge in [-0.1, -0.05) is 0 Å². The van der Waals surface area contributed by atoms with Crippen molar-refractivity contribution in [1.29, 1.82) is 0 Å². The molecule has 0 aliphatic rings. The van der Waals surface area contributed by atoms with Crippen LogP contribution in [0.4, 0.5) is 5.82 Å². The van der Waals surface area contributed by atoms with Gasteiger partial charge >= 0.3 is 0 Å². The highest BCUT2D eigenvalue weighted by atomic mass is 32.1. The van der Waals surface area contributed by atoms with Gasteiger partial charge in [-0.05, 0) is 30.3 Å². The van der Waals surface area contributed by atoms with Crippen LogP contribution in [0.15, 0.2) is 60.6 Å². The molecule has 1 aromatic carbocycles. The van der Waals surface area contributed by atoms with Crippen LogP contribution in [-0.2, 0) is 7.05 Å². The number of amides is 1. The Hall–Kier alpha value is -3.65. The van der Waals surface area contributed by atoms with E-state index in [0.717, 1.165) is 32.2 Å². The van der Waals surface area contributed by atoms with Gasteiger partial charge in [-0.15, -0.1) is 11.3 Å². The summed E-state index contributed by atoms with van der Waals surface area (Å²) in [5.41, 5.74) is 5.93. The van der Waals surface area contributed by atoms with E-state index in [9.17, 15) is 4.79 Å². The summed E-state index contributed by atoms with van der Waals surface area (Å²) in [5, 5.41) is 7.95. The van der Waals surface area contributed by atoms with Crippen molar-refractivity contribution in [3.8, 4) is 11.1 Å². The number of thiazole rings is 1. The molecule has 0 unspecified atom stereocenters. The van der Waals surface area contributed by atoms with Crippen molar-refractivity contribution >= 4 is 44.2 Å². The van der Waals surface area contributed by atoms with E-state index in [1.165, 1.54) is 11.3 Å². The number of hydrogen-bond acceptors (Lipinski definition) is 6. The number of carbonyl (C=O) groups excluding carboxylic acids is 1. The molecule has 5 aromatic rings. The Bertz CT molecular complexity index is 1340. The number of nitrogens with zero attached hydrogens (tertiary/aromatic N) is 5. The average molecular weight is 386 g/mol. The molecule has 0 radical (unpaired) electrons. The first-order chi connectivity index (χ1) is 13.7. The molecule has 0 saturated heterocycles. The summed E-state index contributed by atoms with van der Waals surface area (Å²) < 4.78 is 2.72. The maximum absolute atomic E-state index is 12.6. The van der Waals surface area contributed by atoms with Gasteiger partial charge in [0, 0.05) is 41.5 Å². The van der Waals surface area contributed by atoms with Crippen molar-refractivity contribution in [2.24, 2.45) is 7.05 Å². The molecule has 28 heavy (non-hydrogen) atoms. The maximum atomic E-state index is 12.6. The smallest absolute Gasteiger partial charge is 0.256 e. The zero-order chi connectivity index (χ0) is 19.1. The van der Waals surface area contributed by atoms with Gasteiger partial charge < -0.3 is 5.32 Å². The fourth-order valence-electron chi connectivity index (χ4n) is 3.01. The van der Waals surface area contributed by atoms with Gasteiger partial charge in [0.25, 0.3) is 5.91 Å². The Kier molecular flexibility index (Phi) is 3.84. The van der Waals surface area contributed by atoms with Crippen LogP contribution in [0.25, 0.3) is 32.2 Å². The zero-order valence-electron chi connectivity index (χ0n) is 14.8. The number of hydrogen-bond donors (Lipinski definition) is 1. The van der Waals surface area contributed by atoms with Crippen LogP contribution in [-0.4, -0.2) is 30.6 Å². The molecular formula is C20H14N6OS. The second kappa shape index (κ2) is 6.50. The third-order valence-corrected chi connectivity index (χ3v) is 5.23. The molecule has 4 heterocycles. The summed E-state index contributed by atoms with van der Waals surface area (Å²) in [6.07, 6.45) is 7.18. The molecule has 0 aliphatic heterocycles. The van der Waals surface area contributed by atoms with Gasteiger partial charge in [0.2, 0.25) is 0 Å². The van der Waals surface area contributed by atoms with E-state index in [4.69, 9.17) is 0 Å². The molecule has 7 nitrogen and oxygen atoms in total. The summed E-state index contributed by atoms with van der Waals surface area (Å²) in [6.45, 7) is 0. The SMILES string of the molecule is Cn1cc(-c2cnc3cnc(NC(=O)c4ccc5ncsc5c4)cc3c2)cn1. The lowest BCUT2D eigenvalue weighted by atomic mass is 10.1. The molecule has 0 aliphatic carbocycles. The molecule has 1 amide bonds. The van der Waals surface area contributed by atoms with Crippen molar-refractivity contribution in [3.05, 3.63) is 66.2 Å². The van der Waals surface area contributed by atoms with Crippen molar-refractivity contribution < 1.29 is 4.79 Å². The molecule has 0 bridgehead atoms. The molecule has 1 N–H and O–H groups in total. The van der Waals surface area contributed by atoms with Gasteiger partial charge in [0.05, 0.1) is 33.6 Å². The van der Waals surface area contributed by atoms with Crippen LogP contribution >= 0.6 is 11.3 Å². The molecular weight excluding hydrogens is 372 g/mol. The number of pyridine rings is 2. The number of fused-ring (bicyclic) bond motifs is 2. The summed E-state index contributed by atoms with van der Waals surface area (Å²) in [4.78, 5) is 25.6. The van der Waals surface area contributed by atoms with E-state index < -0.39 is 0 Å². The number of aryl methyl sites for hydroxylation is 1. The van der Waals surface area contributed by atoms with Gasteiger partial charge in [0.15, 0.2) is 0 Å². The Morgan fingerprint density at radius 1 is 1.00 bits per heavy atom. The first-order valence-corrected chi connectivity index (χ1v) is 9.43. The van der Waals surface area contributed by atoms with Crippen molar-refractivity contribution in [3.63, 3.8) is 0 Å². The second-order valence-electron chi connectivity index (χ2n) is 6.38. The Morgan fingerprint density at radius 3 is 2.79 bits per heavy atom. The summed E-state index contributed by atoms with van der Waals surface area (Å²) in [7, 11) is 1.87. The minimum absolute atomic E-state index is 0.210. The van der Waals surface area contributed by atoms with E-state index in [2.05, 4.69) is 25.4 Å². The van der Waals surface area contributed by atoms with E-state index in [-0.39, 0.29) is 5.91 Å². The lowest BCUT2D eigenvalue weighted by Gasteiger charge is -2.06. The number of aromatic nitrogens is 5. The first-order valence-electron chi connectivity index (χ1n) is 8.55. The maximum Gasteiger partial charge on any atom is 0.256 e. The highest BCUT2D eigenvalue weighted by Crippen LogP contribution is 2.24. The van der Waals surface area contributed by atoms with E-state index in [1.54, 1.807) is 34.8 Å². The molecule has 0 saturated carbocycles. The largest absolute Gasteiger partial charge is 0.307 e. The van der Waals surface area contributed by atoms with Crippen LogP contribution in [0, 0.1) is 0 Å². The highest BCUT2D eigenvalue weighted by molar-refractivity contribution is 7.16. The van der Waals surface area contributed by atoms with Gasteiger partial charge in [-0.3, -0.25) is 14.5 Å². The minimum atomic E-state index is -0.210. The number of anilines is 1. The third kappa shape index (κ3) is 2.99. The fourth-order valence-corrected chi connectivity index (χ4v) is 3.73. The number of nitrogens with one attached hydrogen (secondary N) is 1. The number of carbonyl (C=O) groups is 1. The number of rotatable bonds is 3. The number of benzene rings is 1. The molecule has 8 heteroatoms. The van der Waals surface area contributed by atoms with Crippen molar-refractivity contribution in [1.82, 2.24) is 24.7 Å². The molecule has 5 rings (SSSR count). The summed E-state index contributed by atoms with van der Waals surface area (Å²) in [6, 6.07) is 9.29. The second-order valence-corrected chi connectivity index (χ2v) is 7.26. The Labute approximate surface area is 163 Å². The summed E-state index contributed by atoms with van der Waals surface area (Å²) in [5.74, 6) is 0.269. The van der Waals surface area contributed by atoms with Gasteiger partial charge in [-0.25, -0.2) is 9.97 Å². The monoisotopic (exact) mass is 386 g/mol. The predicted molar refractivity (Wildman–Crippen MR) is 109 cm³/mol. The lowest BCUT2D eigenvalue weighted by Crippen LogP contribution is -2.12. The lowest BCUT2D eigenvalue weighted by molar-refractivity contribution is 0.102. The van der Waals surface area contributed by atoms with Crippen molar-refractivity contribution in [2.75, 3.05) is 5.32 Å². The summed E-state index contributed by atoms with van der Waals surface area (Å²) >= 11 is 1.51. The molecule has 0 fully saturated rings. The normalized spacial score (nSPS) is 11.2. The molecule has 136 valence electrons. The Balaban J connectivity index is 1.45. The van der Waals surface area contributed by atoms with Crippen LogP contribution < -0.4 is 5.32 Å². The fraction of sp³-hybridized carbons (Fsp3) is 0.0500. The predicted octanol–water partition coefficient (Wildman–Crippen LogP) is 3.89.